The molecule has 0 amide bonds. The smallest absolute Gasteiger partial charge is 0.139 e. The number of fused-ring (bicyclic) bond motifs is 1. The molecule has 2 heterocycles. The van der Waals surface area contributed by atoms with Gasteiger partial charge in [-0.25, -0.2) is 14.4 Å². The van der Waals surface area contributed by atoms with Crippen LogP contribution in [0, 0.1) is 5.82 Å². The Morgan fingerprint density at radius 1 is 1.00 bits per heavy atom. The van der Waals surface area contributed by atoms with Crippen LogP contribution in [-0.4, -0.2) is 43.3 Å². The molecule has 1 aliphatic heterocycles. The van der Waals surface area contributed by atoms with Crippen LogP contribution in [0.25, 0.3) is 10.9 Å². The summed E-state index contributed by atoms with van der Waals surface area (Å²) in [5, 5.41) is 4.33. The SMILES string of the molecule is COc1cc(NC2CCN(c3ncnc4ccc(F)cc34)CC2)cc(OC)c1. The Balaban J connectivity index is 1.46. The summed E-state index contributed by atoms with van der Waals surface area (Å²) in [5.41, 5.74) is 1.74. The third-order valence-corrected chi connectivity index (χ3v) is 5.09. The molecule has 3 aromatic rings. The average Bonchev–Trinajstić information content (AvgIpc) is 2.73. The lowest BCUT2D eigenvalue weighted by molar-refractivity contribution is 0.394. The van der Waals surface area contributed by atoms with Crippen molar-refractivity contribution in [1.29, 1.82) is 0 Å². The van der Waals surface area contributed by atoms with E-state index in [1.807, 2.05) is 18.2 Å². The zero-order chi connectivity index (χ0) is 19.5. The van der Waals surface area contributed by atoms with Crippen LogP contribution in [-0.2, 0) is 0 Å². The lowest BCUT2D eigenvalue weighted by Crippen LogP contribution is -2.39. The topological polar surface area (TPSA) is 59.5 Å². The van der Waals surface area contributed by atoms with E-state index in [2.05, 4.69) is 20.2 Å². The van der Waals surface area contributed by atoms with E-state index in [1.165, 1.54) is 12.1 Å². The minimum absolute atomic E-state index is 0.271. The van der Waals surface area contributed by atoms with E-state index in [0.29, 0.717) is 6.04 Å². The first-order valence-electron chi connectivity index (χ1n) is 9.31. The van der Waals surface area contributed by atoms with E-state index >= 15 is 0 Å². The van der Waals surface area contributed by atoms with E-state index in [9.17, 15) is 4.39 Å². The van der Waals surface area contributed by atoms with Gasteiger partial charge in [0.1, 0.15) is 29.5 Å². The molecule has 0 aliphatic carbocycles. The molecule has 1 aromatic heterocycles. The van der Waals surface area contributed by atoms with Crippen LogP contribution in [0.5, 0.6) is 11.5 Å². The van der Waals surface area contributed by atoms with Crippen LogP contribution in [0.2, 0.25) is 0 Å². The first kappa shape index (κ1) is 18.3. The first-order valence-corrected chi connectivity index (χ1v) is 9.31. The van der Waals surface area contributed by atoms with E-state index in [0.717, 1.165) is 59.8 Å². The maximum absolute atomic E-state index is 13.7. The zero-order valence-electron chi connectivity index (χ0n) is 16.0. The van der Waals surface area contributed by atoms with Crippen molar-refractivity contribution in [3.8, 4) is 11.5 Å². The van der Waals surface area contributed by atoms with Crippen molar-refractivity contribution < 1.29 is 13.9 Å². The second-order valence-electron chi connectivity index (χ2n) is 6.87. The average molecular weight is 382 g/mol. The summed E-state index contributed by atoms with van der Waals surface area (Å²) in [5.74, 6) is 2.04. The summed E-state index contributed by atoms with van der Waals surface area (Å²) >= 11 is 0. The molecule has 0 spiro atoms. The number of nitrogens with one attached hydrogen (secondary N) is 1. The highest BCUT2D eigenvalue weighted by Gasteiger charge is 2.22. The molecule has 7 heteroatoms. The summed E-state index contributed by atoms with van der Waals surface area (Å²) in [6, 6.07) is 10.8. The number of anilines is 2. The molecule has 0 saturated carbocycles. The van der Waals surface area contributed by atoms with Crippen LogP contribution in [0.4, 0.5) is 15.9 Å². The number of nitrogens with zero attached hydrogens (tertiary/aromatic N) is 3. The predicted octanol–water partition coefficient (Wildman–Crippen LogP) is 3.87. The van der Waals surface area contributed by atoms with E-state index < -0.39 is 0 Å². The van der Waals surface area contributed by atoms with Crippen molar-refractivity contribution in [3.05, 3.63) is 48.5 Å². The van der Waals surface area contributed by atoms with Gasteiger partial charge in [-0.1, -0.05) is 0 Å². The van der Waals surface area contributed by atoms with Crippen LogP contribution in [0.1, 0.15) is 12.8 Å². The molecule has 4 rings (SSSR count). The second kappa shape index (κ2) is 7.88. The lowest BCUT2D eigenvalue weighted by atomic mass is 10.0. The molecule has 28 heavy (non-hydrogen) atoms. The fourth-order valence-electron chi connectivity index (χ4n) is 3.63. The van der Waals surface area contributed by atoms with Gasteiger partial charge in [0.15, 0.2) is 0 Å². The van der Waals surface area contributed by atoms with Gasteiger partial charge < -0.3 is 19.7 Å². The Kier molecular flexibility index (Phi) is 5.14. The molecule has 146 valence electrons. The van der Waals surface area contributed by atoms with Crippen molar-refractivity contribution in [2.75, 3.05) is 37.5 Å². The van der Waals surface area contributed by atoms with E-state index in [1.54, 1.807) is 26.6 Å². The summed E-state index contributed by atoms with van der Waals surface area (Å²) in [6.07, 6.45) is 3.43. The van der Waals surface area contributed by atoms with Crippen molar-refractivity contribution in [2.45, 2.75) is 18.9 Å². The molecule has 1 aliphatic rings. The molecule has 2 aromatic carbocycles. The Hall–Kier alpha value is -3.09. The number of aromatic nitrogens is 2. The van der Waals surface area contributed by atoms with Crippen molar-refractivity contribution in [1.82, 2.24) is 9.97 Å². The monoisotopic (exact) mass is 382 g/mol. The number of benzene rings is 2. The van der Waals surface area contributed by atoms with Crippen LogP contribution < -0.4 is 19.7 Å². The molecule has 1 N–H and O–H groups in total. The summed E-state index contributed by atoms with van der Waals surface area (Å²) in [4.78, 5) is 10.9. The zero-order valence-corrected chi connectivity index (χ0v) is 16.0. The molecule has 0 atom stereocenters. The highest BCUT2D eigenvalue weighted by Crippen LogP contribution is 2.29. The molecule has 6 nitrogen and oxygen atoms in total. The van der Waals surface area contributed by atoms with Gasteiger partial charge in [0.25, 0.3) is 0 Å². The van der Waals surface area contributed by atoms with Crippen molar-refractivity contribution >= 4 is 22.4 Å². The van der Waals surface area contributed by atoms with Gasteiger partial charge in [0.2, 0.25) is 0 Å². The normalized spacial score (nSPS) is 14.9. The lowest BCUT2D eigenvalue weighted by Gasteiger charge is -2.34. The number of ether oxygens (including phenoxy) is 2. The number of rotatable bonds is 5. The minimum atomic E-state index is -0.271. The number of hydrogen-bond donors (Lipinski definition) is 1. The Morgan fingerprint density at radius 3 is 2.39 bits per heavy atom. The van der Waals surface area contributed by atoms with Crippen LogP contribution >= 0.6 is 0 Å². The highest BCUT2D eigenvalue weighted by atomic mass is 19.1. The Labute approximate surface area is 163 Å². The minimum Gasteiger partial charge on any atom is -0.497 e. The van der Waals surface area contributed by atoms with Crippen molar-refractivity contribution in [3.63, 3.8) is 0 Å². The van der Waals surface area contributed by atoms with Gasteiger partial charge in [-0.2, -0.15) is 0 Å². The summed E-state index contributed by atoms with van der Waals surface area (Å²) in [6.45, 7) is 1.67. The van der Waals surface area contributed by atoms with Gasteiger partial charge in [-0.3, -0.25) is 0 Å². The van der Waals surface area contributed by atoms with Gasteiger partial charge in [0, 0.05) is 48.4 Å². The quantitative estimate of drug-likeness (QED) is 0.723. The Morgan fingerprint density at radius 2 is 1.71 bits per heavy atom. The fourth-order valence-corrected chi connectivity index (χ4v) is 3.63. The molecule has 0 unspecified atom stereocenters. The number of piperidine rings is 1. The predicted molar refractivity (Wildman–Crippen MR) is 108 cm³/mol. The fraction of sp³-hybridized carbons (Fsp3) is 0.333. The maximum Gasteiger partial charge on any atom is 0.139 e. The molecular weight excluding hydrogens is 359 g/mol. The molecule has 1 fully saturated rings. The van der Waals surface area contributed by atoms with Crippen LogP contribution in [0.3, 0.4) is 0 Å². The number of methoxy groups -OCH3 is 2. The first-order chi connectivity index (χ1) is 13.7. The summed E-state index contributed by atoms with van der Waals surface area (Å²) in [7, 11) is 3.29. The number of hydrogen-bond acceptors (Lipinski definition) is 6. The highest BCUT2D eigenvalue weighted by molar-refractivity contribution is 5.89. The van der Waals surface area contributed by atoms with Gasteiger partial charge in [-0.15, -0.1) is 0 Å². The third-order valence-electron chi connectivity index (χ3n) is 5.09. The molecular formula is C21H23FN4O2. The van der Waals surface area contributed by atoms with Gasteiger partial charge in [0.05, 0.1) is 19.7 Å². The van der Waals surface area contributed by atoms with E-state index in [4.69, 9.17) is 9.47 Å². The third kappa shape index (κ3) is 3.78. The largest absolute Gasteiger partial charge is 0.497 e. The van der Waals surface area contributed by atoms with Crippen LogP contribution in [0.15, 0.2) is 42.7 Å². The van der Waals surface area contributed by atoms with E-state index in [-0.39, 0.29) is 5.82 Å². The maximum atomic E-state index is 13.7. The molecule has 0 bridgehead atoms. The molecule has 0 radical (unpaired) electrons. The molecule has 1 saturated heterocycles. The number of halogens is 1. The summed E-state index contributed by atoms with van der Waals surface area (Å²) < 4.78 is 24.4. The van der Waals surface area contributed by atoms with Crippen molar-refractivity contribution in [2.24, 2.45) is 0 Å². The standard InChI is InChI=1S/C21H23FN4O2/c1-27-17-10-16(11-18(12-17)28-2)25-15-5-7-26(8-6-15)21-19-9-14(22)3-4-20(19)23-13-24-21/h3-4,9-13,15,25H,5-8H2,1-2H3. The Bertz CT molecular complexity index is 952. The van der Waals surface area contributed by atoms with Gasteiger partial charge >= 0.3 is 0 Å². The van der Waals surface area contributed by atoms with Gasteiger partial charge in [-0.05, 0) is 31.0 Å². The second-order valence-corrected chi connectivity index (χ2v) is 6.87.